The number of ether oxygens (including phenoxy) is 3. The average molecular weight is 561 g/mol. The van der Waals surface area contributed by atoms with Crippen LogP contribution in [0.25, 0.3) is 6.08 Å². The lowest BCUT2D eigenvalue weighted by Gasteiger charge is -2.15. The zero-order chi connectivity index (χ0) is 24.2. The number of nitrogens with zero attached hydrogens (tertiary/aromatic N) is 1. The van der Waals surface area contributed by atoms with Crippen LogP contribution in [0.3, 0.4) is 0 Å². The highest BCUT2D eigenvalue weighted by atomic mass is 79.9. The zero-order valence-corrected chi connectivity index (χ0v) is 21.5. The number of hydrogen-bond acceptors (Lipinski definition) is 5. The number of benzene rings is 3. The number of hydrogen-bond donors (Lipinski definition) is 0. The molecule has 34 heavy (non-hydrogen) atoms. The number of aliphatic imine (C=N–C) groups is 1. The maximum atomic E-state index is 12.4. The minimum absolute atomic E-state index is 0.125. The molecule has 5 nitrogen and oxygen atoms in total. The molecule has 8 heteroatoms. The van der Waals surface area contributed by atoms with Crippen molar-refractivity contribution in [2.75, 3.05) is 6.61 Å². The lowest BCUT2D eigenvalue weighted by atomic mass is 10.1. The molecule has 1 heterocycles. The predicted molar refractivity (Wildman–Crippen MR) is 138 cm³/mol. The Hall–Kier alpha value is -2.80. The summed E-state index contributed by atoms with van der Waals surface area (Å²) in [7, 11) is 0. The SMILES string of the molecule is CCOc1cc(/C=C2\N=C(c3ccc(Cl)cc3Cl)OC2=O)cc(Br)c1OCc1cccc(C)c1. The Bertz CT molecular complexity index is 1320. The molecule has 0 radical (unpaired) electrons. The Morgan fingerprint density at radius 2 is 1.91 bits per heavy atom. The maximum Gasteiger partial charge on any atom is 0.363 e. The lowest BCUT2D eigenvalue weighted by molar-refractivity contribution is -0.129. The van der Waals surface area contributed by atoms with Crippen LogP contribution in [0.2, 0.25) is 10.0 Å². The van der Waals surface area contributed by atoms with Gasteiger partial charge in [-0.15, -0.1) is 0 Å². The first kappa shape index (κ1) is 24.3. The molecule has 3 aromatic rings. The van der Waals surface area contributed by atoms with E-state index in [9.17, 15) is 4.79 Å². The first-order chi connectivity index (χ1) is 16.3. The minimum atomic E-state index is -0.574. The lowest BCUT2D eigenvalue weighted by Crippen LogP contribution is -2.06. The van der Waals surface area contributed by atoms with Gasteiger partial charge >= 0.3 is 5.97 Å². The molecule has 0 aromatic heterocycles. The monoisotopic (exact) mass is 559 g/mol. The van der Waals surface area contributed by atoms with Gasteiger partial charge in [-0.25, -0.2) is 9.79 Å². The Morgan fingerprint density at radius 3 is 2.65 bits per heavy atom. The van der Waals surface area contributed by atoms with Crippen molar-refractivity contribution in [3.8, 4) is 11.5 Å². The van der Waals surface area contributed by atoms with Crippen LogP contribution in [0.4, 0.5) is 0 Å². The fourth-order valence-electron chi connectivity index (χ4n) is 3.38. The molecule has 0 spiro atoms. The Labute approximate surface area is 216 Å². The van der Waals surface area contributed by atoms with E-state index in [-0.39, 0.29) is 11.6 Å². The van der Waals surface area contributed by atoms with Gasteiger partial charge in [-0.2, -0.15) is 0 Å². The molecule has 1 aliphatic heterocycles. The number of cyclic esters (lactones) is 1. The first-order valence-corrected chi connectivity index (χ1v) is 12.0. The third-order valence-electron chi connectivity index (χ3n) is 4.88. The number of carbonyl (C=O) groups is 1. The van der Waals surface area contributed by atoms with E-state index in [1.165, 1.54) is 0 Å². The fraction of sp³-hybridized carbons (Fsp3) is 0.154. The van der Waals surface area contributed by atoms with Gasteiger partial charge in [0.25, 0.3) is 0 Å². The summed E-state index contributed by atoms with van der Waals surface area (Å²) in [6.07, 6.45) is 1.62. The van der Waals surface area contributed by atoms with Crippen molar-refractivity contribution < 1.29 is 19.0 Å². The number of halogens is 3. The van der Waals surface area contributed by atoms with Crippen molar-refractivity contribution in [1.29, 1.82) is 0 Å². The van der Waals surface area contributed by atoms with Gasteiger partial charge in [-0.1, -0.05) is 53.0 Å². The molecule has 0 bridgehead atoms. The van der Waals surface area contributed by atoms with E-state index in [2.05, 4.69) is 27.0 Å². The van der Waals surface area contributed by atoms with Crippen molar-refractivity contribution in [3.63, 3.8) is 0 Å². The molecule has 1 aliphatic rings. The van der Waals surface area contributed by atoms with Crippen molar-refractivity contribution in [1.82, 2.24) is 0 Å². The summed E-state index contributed by atoms with van der Waals surface area (Å²) in [6.45, 7) is 4.77. The Kier molecular flexibility index (Phi) is 7.61. The second-order valence-electron chi connectivity index (χ2n) is 7.50. The number of esters is 1. The second kappa shape index (κ2) is 10.6. The van der Waals surface area contributed by atoms with Gasteiger partial charge in [0, 0.05) is 5.02 Å². The molecule has 0 fully saturated rings. The van der Waals surface area contributed by atoms with Gasteiger partial charge in [0.2, 0.25) is 5.90 Å². The standard InChI is InChI=1S/C26H20BrCl2NO4/c1-3-32-23-12-17(10-20(27)24(23)33-14-16-6-4-5-15(2)9-16)11-22-26(31)34-25(30-22)19-8-7-18(28)13-21(19)29/h4-13H,3,14H2,1-2H3/b22-11-. The summed E-state index contributed by atoms with van der Waals surface area (Å²) in [6, 6.07) is 16.6. The highest BCUT2D eigenvalue weighted by Gasteiger charge is 2.26. The summed E-state index contributed by atoms with van der Waals surface area (Å²) in [5.41, 5.74) is 3.53. The first-order valence-electron chi connectivity index (χ1n) is 10.5. The van der Waals surface area contributed by atoms with Gasteiger partial charge in [0.15, 0.2) is 17.2 Å². The van der Waals surface area contributed by atoms with Crippen LogP contribution in [0.5, 0.6) is 11.5 Å². The molecule has 0 atom stereocenters. The molecule has 0 saturated heterocycles. The van der Waals surface area contributed by atoms with Gasteiger partial charge in [0.1, 0.15) is 6.61 Å². The summed E-state index contributed by atoms with van der Waals surface area (Å²) in [5.74, 6) is 0.680. The molecular formula is C26H20BrCl2NO4. The molecule has 3 aromatic carbocycles. The van der Waals surface area contributed by atoms with E-state index in [0.717, 1.165) is 11.1 Å². The van der Waals surface area contributed by atoms with E-state index in [0.29, 0.717) is 50.4 Å². The summed E-state index contributed by atoms with van der Waals surface area (Å²) in [5, 5.41) is 0.823. The molecule has 0 saturated carbocycles. The smallest absolute Gasteiger partial charge is 0.363 e. The normalized spacial score (nSPS) is 14.2. The number of aryl methyl sites for hydroxylation is 1. The van der Waals surface area contributed by atoms with Crippen molar-refractivity contribution in [2.24, 2.45) is 4.99 Å². The second-order valence-corrected chi connectivity index (χ2v) is 9.20. The van der Waals surface area contributed by atoms with Gasteiger partial charge in [0.05, 0.1) is 21.7 Å². The van der Waals surface area contributed by atoms with Crippen LogP contribution in [0, 0.1) is 6.92 Å². The molecule has 174 valence electrons. The van der Waals surface area contributed by atoms with Gasteiger partial charge in [-0.05, 0) is 77.3 Å². The number of rotatable bonds is 7. The predicted octanol–water partition coefficient (Wildman–Crippen LogP) is 7.39. The molecular weight excluding hydrogens is 541 g/mol. The highest BCUT2D eigenvalue weighted by molar-refractivity contribution is 9.10. The Morgan fingerprint density at radius 1 is 1.09 bits per heavy atom. The third kappa shape index (κ3) is 5.63. The molecule has 4 rings (SSSR count). The minimum Gasteiger partial charge on any atom is -0.490 e. The topological polar surface area (TPSA) is 57.1 Å². The van der Waals surface area contributed by atoms with Crippen molar-refractivity contribution in [2.45, 2.75) is 20.5 Å². The zero-order valence-electron chi connectivity index (χ0n) is 18.4. The van der Waals surface area contributed by atoms with E-state index in [1.54, 1.807) is 30.3 Å². The van der Waals surface area contributed by atoms with Crippen LogP contribution < -0.4 is 9.47 Å². The van der Waals surface area contributed by atoms with Crippen LogP contribution in [-0.4, -0.2) is 18.5 Å². The van der Waals surface area contributed by atoms with Gasteiger partial charge in [-0.3, -0.25) is 0 Å². The Balaban J connectivity index is 1.62. The van der Waals surface area contributed by atoms with Crippen LogP contribution in [-0.2, 0) is 16.1 Å². The van der Waals surface area contributed by atoms with Crippen LogP contribution in [0.1, 0.15) is 29.2 Å². The molecule has 0 N–H and O–H groups in total. The quantitative estimate of drug-likeness (QED) is 0.223. The van der Waals surface area contributed by atoms with E-state index in [4.69, 9.17) is 37.4 Å². The maximum absolute atomic E-state index is 12.4. The van der Waals surface area contributed by atoms with E-state index in [1.807, 2.05) is 38.1 Å². The average Bonchev–Trinajstić information content (AvgIpc) is 3.13. The van der Waals surface area contributed by atoms with Crippen molar-refractivity contribution >= 4 is 57.1 Å². The largest absolute Gasteiger partial charge is 0.490 e. The fourth-order valence-corrected chi connectivity index (χ4v) is 4.44. The van der Waals surface area contributed by atoms with Crippen molar-refractivity contribution in [3.05, 3.63) is 97.1 Å². The summed E-state index contributed by atoms with van der Waals surface area (Å²) in [4.78, 5) is 16.8. The summed E-state index contributed by atoms with van der Waals surface area (Å²) < 4.78 is 17.9. The molecule has 0 amide bonds. The van der Waals surface area contributed by atoms with E-state index >= 15 is 0 Å². The number of carbonyl (C=O) groups excluding carboxylic acids is 1. The highest BCUT2D eigenvalue weighted by Crippen LogP contribution is 2.38. The van der Waals surface area contributed by atoms with Crippen LogP contribution in [0.15, 0.2) is 69.8 Å². The summed E-state index contributed by atoms with van der Waals surface area (Å²) >= 11 is 15.7. The van der Waals surface area contributed by atoms with Crippen LogP contribution >= 0.6 is 39.1 Å². The third-order valence-corrected chi connectivity index (χ3v) is 6.02. The van der Waals surface area contributed by atoms with Gasteiger partial charge < -0.3 is 14.2 Å². The van der Waals surface area contributed by atoms with E-state index < -0.39 is 5.97 Å². The molecule has 0 unspecified atom stereocenters. The molecule has 0 aliphatic carbocycles.